The second-order valence-electron chi connectivity index (χ2n) is 11.3. The first-order valence-corrected chi connectivity index (χ1v) is 11.0. The average molecular weight is 377 g/mol. The van der Waals surface area contributed by atoms with E-state index in [0.29, 0.717) is 35.5 Å². The highest BCUT2D eigenvalue weighted by atomic mass is 16.6. The summed E-state index contributed by atoms with van der Waals surface area (Å²) in [5.41, 5.74) is -0.796. The molecule has 4 bridgehead atoms. The summed E-state index contributed by atoms with van der Waals surface area (Å²) >= 11 is 0. The van der Waals surface area contributed by atoms with Gasteiger partial charge in [-0.15, -0.1) is 0 Å². The maximum Gasteiger partial charge on any atom is 0.311 e. The second-order valence-corrected chi connectivity index (χ2v) is 11.3. The molecule has 4 nitrogen and oxygen atoms in total. The Morgan fingerprint density at radius 2 is 1.48 bits per heavy atom. The fraction of sp³-hybridized carbons (Fsp3) is 0.913. The van der Waals surface area contributed by atoms with E-state index in [0.717, 1.165) is 19.3 Å². The molecule has 27 heavy (non-hydrogen) atoms. The van der Waals surface area contributed by atoms with Gasteiger partial charge in [-0.3, -0.25) is 9.59 Å². The van der Waals surface area contributed by atoms with Gasteiger partial charge in [0.05, 0.1) is 11.3 Å². The predicted octanol–water partition coefficient (Wildman–Crippen LogP) is 4.60. The molecule has 0 heterocycles. The van der Waals surface area contributed by atoms with Crippen LogP contribution in [0.3, 0.4) is 0 Å². The largest absolute Gasteiger partial charge is 0.462 e. The van der Waals surface area contributed by atoms with Gasteiger partial charge >= 0.3 is 11.9 Å². The van der Waals surface area contributed by atoms with Crippen molar-refractivity contribution in [3.05, 3.63) is 0 Å². The third-order valence-electron chi connectivity index (χ3n) is 8.16. The topological polar surface area (TPSA) is 52.6 Å². The van der Waals surface area contributed by atoms with E-state index in [1.54, 1.807) is 0 Å². The zero-order chi connectivity index (χ0) is 19.7. The molecule has 8 unspecified atom stereocenters. The third kappa shape index (κ3) is 3.11. The van der Waals surface area contributed by atoms with E-state index in [1.807, 2.05) is 41.5 Å². The van der Waals surface area contributed by atoms with Crippen molar-refractivity contribution in [3.8, 4) is 0 Å². The lowest BCUT2D eigenvalue weighted by molar-refractivity contribution is -0.167. The molecule has 4 heteroatoms. The van der Waals surface area contributed by atoms with Crippen LogP contribution in [0.5, 0.6) is 0 Å². The van der Waals surface area contributed by atoms with Gasteiger partial charge in [0.2, 0.25) is 0 Å². The van der Waals surface area contributed by atoms with Crippen molar-refractivity contribution in [1.29, 1.82) is 0 Å². The first kappa shape index (κ1) is 19.3. The van der Waals surface area contributed by atoms with Crippen LogP contribution in [-0.2, 0) is 19.1 Å². The Balaban J connectivity index is 1.43. The molecule has 0 N–H and O–H groups in total. The van der Waals surface area contributed by atoms with Crippen molar-refractivity contribution in [2.24, 2.45) is 46.8 Å². The number of rotatable bonds is 4. The number of carbonyl (C=O) groups is 2. The van der Waals surface area contributed by atoms with E-state index >= 15 is 0 Å². The summed E-state index contributed by atoms with van der Waals surface area (Å²) in [4.78, 5) is 25.3. The number of fused-ring (bicyclic) bond motifs is 9. The SMILES string of the molecule is CCC(C)(C)C(=O)OC1CC2CC1C1C3CC(C(=O)OC(C)(C)C)C(C3)C21. The molecule has 0 radical (unpaired) electrons. The van der Waals surface area contributed by atoms with Crippen molar-refractivity contribution < 1.29 is 19.1 Å². The van der Waals surface area contributed by atoms with Crippen LogP contribution in [0.25, 0.3) is 0 Å². The van der Waals surface area contributed by atoms with Gasteiger partial charge in [-0.2, -0.15) is 0 Å². The lowest BCUT2D eigenvalue weighted by atomic mass is 9.66. The van der Waals surface area contributed by atoms with Crippen molar-refractivity contribution >= 4 is 11.9 Å². The van der Waals surface area contributed by atoms with Gasteiger partial charge in [0.15, 0.2) is 0 Å². The van der Waals surface area contributed by atoms with Crippen LogP contribution in [0.15, 0.2) is 0 Å². The van der Waals surface area contributed by atoms with Gasteiger partial charge in [-0.05, 0) is 102 Å². The summed E-state index contributed by atoms with van der Waals surface area (Å²) in [5.74, 6) is 3.65. The first-order chi connectivity index (χ1) is 12.5. The van der Waals surface area contributed by atoms with Crippen LogP contribution in [0.2, 0.25) is 0 Å². The maximum absolute atomic E-state index is 12.7. The zero-order valence-electron chi connectivity index (χ0n) is 17.8. The molecule has 4 rings (SSSR count). The Labute approximate surface area is 163 Å². The van der Waals surface area contributed by atoms with Gasteiger partial charge in [0.25, 0.3) is 0 Å². The van der Waals surface area contributed by atoms with Crippen molar-refractivity contribution in [2.75, 3.05) is 0 Å². The van der Waals surface area contributed by atoms with Crippen molar-refractivity contribution in [3.63, 3.8) is 0 Å². The monoisotopic (exact) mass is 376 g/mol. The van der Waals surface area contributed by atoms with E-state index in [1.165, 1.54) is 12.8 Å². The fourth-order valence-corrected chi connectivity index (χ4v) is 6.76. The standard InChI is InChI=1S/C23H36O4/c1-7-23(5,6)21(25)26-17-11-13-10-16(17)19-12-8-14(18(13)19)15(9-12)20(24)27-22(2,3)4/h12-19H,7-11H2,1-6H3. The molecular formula is C23H36O4. The summed E-state index contributed by atoms with van der Waals surface area (Å²) in [6, 6.07) is 0. The predicted molar refractivity (Wildman–Crippen MR) is 103 cm³/mol. The van der Waals surface area contributed by atoms with Gasteiger partial charge in [0, 0.05) is 0 Å². The Morgan fingerprint density at radius 3 is 2.11 bits per heavy atom. The summed E-state index contributed by atoms with van der Waals surface area (Å²) < 4.78 is 11.7. The minimum absolute atomic E-state index is 0.0175. The van der Waals surface area contributed by atoms with Crippen molar-refractivity contribution in [1.82, 2.24) is 0 Å². The molecule has 0 saturated heterocycles. The minimum atomic E-state index is -0.404. The highest BCUT2D eigenvalue weighted by molar-refractivity contribution is 5.76. The number of ether oxygens (including phenoxy) is 2. The summed E-state index contributed by atoms with van der Waals surface area (Å²) in [5, 5.41) is 0. The van der Waals surface area contributed by atoms with Crippen LogP contribution in [0, 0.1) is 46.8 Å². The molecule has 4 aliphatic rings. The van der Waals surface area contributed by atoms with E-state index in [2.05, 4.69) is 0 Å². The van der Waals surface area contributed by atoms with Crippen LogP contribution < -0.4 is 0 Å². The highest BCUT2D eigenvalue weighted by Crippen LogP contribution is 2.69. The minimum Gasteiger partial charge on any atom is -0.462 e. The van der Waals surface area contributed by atoms with Crippen LogP contribution in [-0.4, -0.2) is 23.6 Å². The molecule has 0 aromatic rings. The molecule has 0 spiro atoms. The molecule has 0 aromatic heterocycles. The second kappa shape index (κ2) is 6.22. The van der Waals surface area contributed by atoms with E-state index < -0.39 is 11.0 Å². The zero-order valence-corrected chi connectivity index (χ0v) is 17.8. The smallest absolute Gasteiger partial charge is 0.311 e. The Kier molecular flexibility index (Phi) is 4.44. The van der Waals surface area contributed by atoms with Crippen LogP contribution >= 0.6 is 0 Å². The van der Waals surface area contributed by atoms with Crippen LogP contribution in [0.1, 0.15) is 73.6 Å². The van der Waals surface area contributed by atoms with E-state index in [-0.39, 0.29) is 24.0 Å². The lowest BCUT2D eigenvalue weighted by Gasteiger charge is -2.41. The molecule has 4 saturated carbocycles. The van der Waals surface area contributed by atoms with E-state index in [9.17, 15) is 9.59 Å². The lowest BCUT2D eigenvalue weighted by Crippen LogP contribution is -2.43. The van der Waals surface area contributed by atoms with Gasteiger partial charge in [-0.1, -0.05) is 6.92 Å². The van der Waals surface area contributed by atoms with Gasteiger partial charge in [-0.25, -0.2) is 0 Å². The average Bonchev–Trinajstić information content (AvgIpc) is 3.30. The maximum atomic E-state index is 12.7. The summed E-state index contributed by atoms with van der Waals surface area (Å²) in [6.07, 6.45) is 5.25. The summed E-state index contributed by atoms with van der Waals surface area (Å²) in [6.45, 7) is 11.9. The van der Waals surface area contributed by atoms with Crippen LogP contribution in [0.4, 0.5) is 0 Å². The molecule has 0 aliphatic heterocycles. The number of hydrogen-bond donors (Lipinski definition) is 0. The fourth-order valence-electron chi connectivity index (χ4n) is 6.76. The normalized spacial score (nSPS) is 42.3. The summed E-state index contributed by atoms with van der Waals surface area (Å²) in [7, 11) is 0. The van der Waals surface area contributed by atoms with Gasteiger partial charge < -0.3 is 9.47 Å². The molecule has 8 atom stereocenters. The number of hydrogen-bond acceptors (Lipinski definition) is 4. The quantitative estimate of drug-likeness (QED) is 0.531. The molecule has 4 aliphatic carbocycles. The highest BCUT2D eigenvalue weighted by Gasteiger charge is 2.66. The molecule has 152 valence electrons. The van der Waals surface area contributed by atoms with Gasteiger partial charge in [0.1, 0.15) is 11.7 Å². The first-order valence-electron chi connectivity index (χ1n) is 11.0. The molecule has 4 fully saturated rings. The molecule has 0 amide bonds. The number of esters is 2. The van der Waals surface area contributed by atoms with E-state index in [4.69, 9.17) is 9.47 Å². The molecule has 0 aromatic carbocycles. The Hall–Kier alpha value is -1.06. The number of carbonyl (C=O) groups excluding carboxylic acids is 2. The Morgan fingerprint density at radius 1 is 0.889 bits per heavy atom. The third-order valence-corrected chi connectivity index (χ3v) is 8.16. The molecular weight excluding hydrogens is 340 g/mol. The van der Waals surface area contributed by atoms with Crippen molar-refractivity contribution in [2.45, 2.75) is 85.4 Å². The Bertz CT molecular complexity index is 631.